The van der Waals surface area contributed by atoms with Crippen molar-refractivity contribution < 1.29 is 19.1 Å². The Labute approximate surface area is 181 Å². The lowest BCUT2D eigenvalue weighted by molar-refractivity contribution is -0.148. The molecule has 1 aromatic heterocycles. The Bertz CT molecular complexity index is 795. The minimum Gasteiger partial charge on any atom is -0.370 e. The summed E-state index contributed by atoms with van der Waals surface area (Å²) in [6.07, 6.45) is 4.67. The fourth-order valence-corrected chi connectivity index (χ4v) is 4.73. The molecule has 3 saturated heterocycles. The smallest absolute Gasteiger partial charge is 0.255 e. The predicted molar refractivity (Wildman–Crippen MR) is 110 cm³/mol. The van der Waals surface area contributed by atoms with Gasteiger partial charge < -0.3 is 19.4 Å². The lowest BCUT2D eigenvalue weighted by Crippen LogP contribution is -2.54. The van der Waals surface area contributed by atoms with Crippen LogP contribution in [0, 0.1) is 5.92 Å². The number of carbonyl (C=O) groups excluding carboxylic acids is 3. The third-order valence-corrected chi connectivity index (χ3v) is 6.50. The van der Waals surface area contributed by atoms with E-state index in [1.165, 1.54) is 6.20 Å². The van der Waals surface area contributed by atoms with Crippen molar-refractivity contribution in [3.63, 3.8) is 0 Å². The summed E-state index contributed by atoms with van der Waals surface area (Å²) in [5.41, 5.74) is 0.489. The first-order valence-electron chi connectivity index (χ1n) is 10.6. The number of aromatic nitrogens is 1. The average molecular weight is 435 g/mol. The topological polar surface area (TPSA) is 83.1 Å². The number of nitrogens with zero attached hydrogens (tertiary/aromatic N) is 4. The van der Waals surface area contributed by atoms with Gasteiger partial charge >= 0.3 is 0 Å². The number of amides is 3. The number of hydrogen-bond donors (Lipinski definition) is 0. The third-order valence-electron chi connectivity index (χ3n) is 6.27. The molecule has 0 bridgehead atoms. The van der Waals surface area contributed by atoms with E-state index in [1.54, 1.807) is 17.0 Å². The first-order chi connectivity index (χ1) is 14.5. The molecule has 1 unspecified atom stereocenters. The molecule has 0 N–H and O–H groups in total. The van der Waals surface area contributed by atoms with Crippen LogP contribution in [-0.4, -0.2) is 89.4 Å². The fraction of sp³-hybridized carbons (Fsp3) is 0.619. The van der Waals surface area contributed by atoms with Crippen molar-refractivity contribution in [1.82, 2.24) is 19.7 Å². The summed E-state index contributed by atoms with van der Waals surface area (Å²) in [5.74, 6) is -0.122. The van der Waals surface area contributed by atoms with Gasteiger partial charge in [-0.2, -0.15) is 0 Å². The number of carbonyl (C=O) groups is 3. The Morgan fingerprint density at radius 2 is 1.87 bits per heavy atom. The monoisotopic (exact) mass is 434 g/mol. The van der Waals surface area contributed by atoms with E-state index in [2.05, 4.69) is 4.98 Å². The van der Waals surface area contributed by atoms with Crippen LogP contribution in [0.15, 0.2) is 18.3 Å². The maximum atomic E-state index is 13.1. The number of rotatable bonds is 3. The molecule has 9 heteroatoms. The summed E-state index contributed by atoms with van der Waals surface area (Å²) in [7, 11) is 0. The van der Waals surface area contributed by atoms with E-state index < -0.39 is 0 Å². The number of ether oxygens (including phenoxy) is 1. The highest BCUT2D eigenvalue weighted by molar-refractivity contribution is 6.29. The molecule has 0 aromatic carbocycles. The van der Waals surface area contributed by atoms with Crippen LogP contribution in [0.1, 0.15) is 36.0 Å². The molecule has 0 saturated carbocycles. The quantitative estimate of drug-likeness (QED) is 0.672. The van der Waals surface area contributed by atoms with Gasteiger partial charge in [-0.05, 0) is 37.8 Å². The van der Waals surface area contributed by atoms with Gasteiger partial charge in [-0.25, -0.2) is 4.98 Å². The maximum absolute atomic E-state index is 13.1. The van der Waals surface area contributed by atoms with E-state index in [9.17, 15) is 14.4 Å². The molecule has 4 heterocycles. The molecule has 3 amide bonds. The Morgan fingerprint density at radius 1 is 1.07 bits per heavy atom. The van der Waals surface area contributed by atoms with Crippen molar-refractivity contribution in [3.8, 4) is 0 Å². The highest BCUT2D eigenvalue weighted by Gasteiger charge is 2.35. The largest absolute Gasteiger partial charge is 0.370 e. The van der Waals surface area contributed by atoms with E-state index in [0.717, 1.165) is 25.7 Å². The lowest BCUT2D eigenvalue weighted by Gasteiger charge is -2.41. The van der Waals surface area contributed by atoms with Gasteiger partial charge in [-0.3, -0.25) is 14.4 Å². The summed E-state index contributed by atoms with van der Waals surface area (Å²) in [4.78, 5) is 47.5. The van der Waals surface area contributed by atoms with E-state index in [-0.39, 0.29) is 36.3 Å². The van der Waals surface area contributed by atoms with Crippen molar-refractivity contribution >= 4 is 29.3 Å². The Balaban J connectivity index is 1.32. The normalized spacial score (nSPS) is 23.6. The summed E-state index contributed by atoms with van der Waals surface area (Å²) >= 11 is 5.81. The van der Waals surface area contributed by atoms with Crippen LogP contribution in [0.4, 0.5) is 0 Å². The maximum Gasteiger partial charge on any atom is 0.255 e. The molecule has 1 aromatic rings. The van der Waals surface area contributed by atoms with Gasteiger partial charge in [0.1, 0.15) is 11.8 Å². The van der Waals surface area contributed by atoms with Crippen molar-refractivity contribution in [3.05, 3.63) is 29.0 Å². The lowest BCUT2D eigenvalue weighted by atomic mass is 9.94. The minimum absolute atomic E-state index is 0.0455. The van der Waals surface area contributed by atoms with Crippen LogP contribution in [0.3, 0.4) is 0 Å². The number of morpholine rings is 1. The number of pyridine rings is 1. The zero-order valence-corrected chi connectivity index (χ0v) is 17.7. The second-order valence-corrected chi connectivity index (χ2v) is 8.54. The number of piperidine rings is 2. The van der Waals surface area contributed by atoms with Crippen molar-refractivity contribution in [2.24, 2.45) is 5.92 Å². The van der Waals surface area contributed by atoms with E-state index >= 15 is 0 Å². The molecular formula is C21H27ClN4O4. The van der Waals surface area contributed by atoms with E-state index in [1.807, 2.05) is 9.80 Å². The zero-order valence-electron chi connectivity index (χ0n) is 17.0. The third kappa shape index (κ3) is 4.59. The number of likely N-dealkylation sites (tertiary alicyclic amines) is 2. The van der Waals surface area contributed by atoms with Gasteiger partial charge in [0.2, 0.25) is 11.8 Å². The summed E-state index contributed by atoms with van der Waals surface area (Å²) in [6.45, 7) is 3.76. The molecule has 0 radical (unpaired) electrons. The molecule has 162 valence electrons. The molecule has 0 aliphatic carbocycles. The second-order valence-electron chi connectivity index (χ2n) is 8.16. The zero-order chi connectivity index (χ0) is 21.1. The summed E-state index contributed by atoms with van der Waals surface area (Å²) < 4.78 is 5.21. The molecule has 1 atom stereocenters. The van der Waals surface area contributed by atoms with Crippen molar-refractivity contribution in [1.29, 1.82) is 0 Å². The molecule has 30 heavy (non-hydrogen) atoms. The standard InChI is InChI=1S/C21H27ClN4O4/c22-18-4-3-15(12-23-18)20(28)25-7-1-2-16(13-25)21(29)24-8-5-17(6-9-24)26-10-11-30-14-19(26)27/h3-4,12,16-17H,1-2,5-11,13-14H2. The van der Waals surface area contributed by atoms with Gasteiger partial charge in [0.05, 0.1) is 18.1 Å². The van der Waals surface area contributed by atoms with Crippen LogP contribution >= 0.6 is 11.6 Å². The van der Waals surface area contributed by atoms with Gasteiger partial charge in [0.25, 0.3) is 5.91 Å². The van der Waals surface area contributed by atoms with Gasteiger partial charge in [0, 0.05) is 45.0 Å². The summed E-state index contributed by atoms with van der Waals surface area (Å²) in [5, 5.41) is 0.348. The predicted octanol–water partition coefficient (Wildman–Crippen LogP) is 1.44. The molecule has 3 aliphatic heterocycles. The molecule has 4 rings (SSSR count). The van der Waals surface area contributed by atoms with Crippen molar-refractivity contribution in [2.45, 2.75) is 31.7 Å². The van der Waals surface area contributed by atoms with Crippen molar-refractivity contribution in [2.75, 3.05) is 45.9 Å². The first kappa shape index (κ1) is 21.1. The Kier molecular flexibility index (Phi) is 6.53. The molecule has 3 fully saturated rings. The minimum atomic E-state index is -0.176. The fourth-order valence-electron chi connectivity index (χ4n) is 4.62. The van der Waals surface area contributed by atoms with Gasteiger partial charge in [-0.15, -0.1) is 0 Å². The number of hydrogen-bond acceptors (Lipinski definition) is 5. The van der Waals surface area contributed by atoms with E-state index in [0.29, 0.717) is 50.0 Å². The number of halogens is 1. The van der Waals surface area contributed by atoms with Gasteiger partial charge in [0.15, 0.2) is 0 Å². The second kappa shape index (κ2) is 9.31. The SMILES string of the molecule is O=C(c1ccc(Cl)nc1)N1CCCC(C(=O)N2CCC(N3CCOCC3=O)CC2)C1. The molecule has 3 aliphatic rings. The molecule has 8 nitrogen and oxygen atoms in total. The molecular weight excluding hydrogens is 408 g/mol. The van der Waals surface area contributed by atoms with E-state index in [4.69, 9.17) is 16.3 Å². The Hall–Kier alpha value is -2.19. The Morgan fingerprint density at radius 3 is 2.57 bits per heavy atom. The van der Waals surface area contributed by atoms with Crippen LogP contribution in [0.5, 0.6) is 0 Å². The van der Waals surface area contributed by atoms with Gasteiger partial charge in [-0.1, -0.05) is 11.6 Å². The first-order valence-corrected chi connectivity index (χ1v) is 11.0. The highest BCUT2D eigenvalue weighted by Crippen LogP contribution is 2.24. The van der Waals surface area contributed by atoms with Crippen LogP contribution < -0.4 is 0 Å². The van der Waals surface area contributed by atoms with Crippen LogP contribution in [0.2, 0.25) is 5.15 Å². The van der Waals surface area contributed by atoms with Crippen LogP contribution in [0.25, 0.3) is 0 Å². The van der Waals surface area contributed by atoms with Crippen LogP contribution in [-0.2, 0) is 14.3 Å². The molecule has 0 spiro atoms. The average Bonchev–Trinajstić information content (AvgIpc) is 2.79. The summed E-state index contributed by atoms with van der Waals surface area (Å²) in [6, 6.07) is 3.46. The highest BCUT2D eigenvalue weighted by atomic mass is 35.5.